The number of sulfonamides is 1. The summed E-state index contributed by atoms with van der Waals surface area (Å²) < 4.78 is 28.6. The van der Waals surface area contributed by atoms with Crippen LogP contribution in [-0.4, -0.2) is 25.2 Å². The molecule has 0 bridgehead atoms. The van der Waals surface area contributed by atoms with Crippen molar-refractivity contribution < 1.29 is 13.2 Å². The monoisotopic (exact) mass is 534 g/mol. The molecule has 0 aromatic heterocycles. The molecule has 32 heavy (non-hydrogen) atoms. The second kappa shape index (κ2) is 10.6. The minimum Gasteiger partial charge on any atom is -0.325 e. The van der Waals surface area contributed by atoms with E-state index in [1.54, 1.807) is 36.4 Å². The average molecular weight is 536 g/mol. The van der Waals surface area contributed by atoms with Gasteiger partial charge in [0.15, 0.2) is 0 Å². The topological polar surface area (TPSA) is 66.5 Å². The molecular formula is C24H24BrClN2O3S. The summed E-state index contributed by atoms with van der Waals surface area (Å²) in [6.45, 7) is 3.90. The molecule has 3 aromatic rings. The van der Waals surface area contributed by atoms with E-state index in [0.29, 0.717) is 16.6 Å². The third-order valence-electron chi connectivity index (χ3n) is 4.90. The Kier molecular flexibility index (Phi) is 8.11. The molecule has 0 unspecified atom stereocenters. The quantitative estimate of drug-likeness (QED) is 0.381. The molecule has 0 spiro atoms. The van der Waals surface area contributed by atoms with Gasteiger partial charge >= 0.3 is 0 Å². The van der Waals surface area contributed by atoms with Crippen molar-refractivity contribution >= 4 is 49.1 Å². The lowest BCUT2D eigenvalue weighted by molar-refractivity contribution is -0.116. The van der Waals surface area contributed by atoms with Crippen molar-refractivity contribution in [1.29, 1.82) is 0 Å². The number of carbonyl (C=O) groups excluding carboxylic acids is 1. The fourth-order valence-electron chi connectivity index (χ4n) is 3.09. The van der Waals surface area contributed by atoms with Crippen LogP contribution in [-0.2, 0) is 21.4 Å². The Morgan fingerprint density at radius 3 is 2.12 bits per heavy atom. The number of carbonyl (C=O) groups is 1. The van der Waals surface area contributed by atoms with E-state index >= 15 is 0 Å². The predicted molar refractivity (Wildman–Crippen MR) is 132 cm³/mol. The van der Waals surface area contributed by atoms with Crippen molar-refractivity contribution in [2.24, 2.45) is 0 Å². The minimum atomic E-state index is -3.91. The van der Waals surface area contributed by atoms with Gasteiger partial charge in [0.25, 0.3) is 0 Å². The summed E-state index contributed by atoms with van der Waals surface area (Å²) in [6.07, 6.45) is 0. The number of amides is 1. The lowest BCUT2D eigenvalue weighted by Gasteiger charge is -2.22. The molecule has 168 valence electrons. The van der Waals surface area contributed by atoms with Crippen molar-refractivity contribution in [1.82, 2.24) is 4.31 Å². The molecule has 0 aliphatic rings. The van der Waals surface area contributed by atoms with Crippen LogP contribution in [0.1, 0.15) is 30.9 Å². The molecule has 0 aliphatic carbocycles. The summed E-state index contributed by atoms with van der Waals surface area (Å²) in [5, 5.41) is 3.35. The first-order chi connectivity index (χ1) is 15.1. The standard InChI is InChI=1S/C24H24BrClN2O3S/c1-17(2)19-5-11-22(12-6-19)27-24(29)16-28(15-18-3-9-21(26)10-4-18)32(30,31)23-13-7-20(25)8-14-23/h3-14,17H,15-16H2,1-2H3,(H,27,29). The van der Waals surface area contributed by atoms with E-state index in [0.717, 1.165) is 19.9 Å². The fraction of sp³-hybridized carbons (Fsp3) is 0.208. The SMILES string of the molecule is CC(C)c1ccc(NC(=O)CN(Cc2ccc(Cl)cc2)S(=O)(=O)c2ccc(Br)cc2)cc1. The van der Waals surface area contributed by atoms with Gasteiger partial charge in [0, 0.05) is 21.7 Å². The molecular weight excluding hydrogens is 512 g/mol. The summed E-state index contributed by atoms with van der Waals surface area (Å²) in [4.78, 5) is 12.9. The molecule has 1 N–H and O–H groups in total. The van der Waals surface area contributed by atoms with Gasteiger partial charge in [-0.1, -0.05) is 65.6 Å². The second-order valence-electron chi connectivity index (χ2n) is 7.68. The van der Waals surface area contributed by atoms with Gasteiger partial charge in [0.2, 0.25) is 15.9 Å². The maximum Gasteiger partial charge on any atom is 0.243 e. The average Bonchev–Trinajstić information content (AvgIpc) is 2.75. The number of rotatable bonds is 8. The highest BCUT2D eigenvalue weighted by Crippen LogP contribution is 2.22. The smallest absolute Gasteiger partial charge is 0.243 e. The van der Waals surface area contributed by atoms with E-state index in [9.17, 15) is 13.2 Å². The summed E-state index contributed by atoms with van der Waals surface area (Å²) >= 11 is 9.27. The van der Waals surface area contributed by atoms with Crippen molar-refractivity contribution in [2.45, 2.75) is 31.2 Å². The van der Waals surface area contributed by atoms with Crippen LogP contribution in [0.5, 0.6) is 0 Å². The van der Waals surface area contributed by atoms with Crippen LogP contribution in [0, 0.1) is 0 Å². The zero-order valence-electron chi connectivity index (χ0n) is 17.8. The normalized spacial score (nSPS) is 11.7. The molecule has 8 heteroatoms. The molecule has 0 radical (unpaired) electrons. The van der Waals surface area contributed by atoms with Gasteiger partial charge in [-0.15, -0.1) is 0 Å². The van der Waals surface area contributed by atoms with Gasteiger partial charge in [-0.25, -0.2) is 8.42 Å². The highest BCUT2D eigenvalue weighted by atomic mass is 79.9. The van der Waals surface area contributed by atoms with Gasteiger partial charge < -0.3 is 5.32 Å². The van der Waals surface area contributed by atoms with Crippen LogP contribution in [0.4, 0.5) is 5.69 Å². The zero-order chi connectivity index (χ0) is 23.3. The van der Waals surface area contributed by atoms with Crippen LogP contribution in [0.3, 0.4) is 0 Å². The van der Waals surface area contributed by atoms with E-state index < -0.39 is 15.9 Å². The molecule has 0 saturated carbocycles. The zero-order valence-corrected chi connectivity index (χ0v) is 20.9. The summed E-state index contributed by atoms with van der Waals surface area (Å²) in [5.41, 5.74) is 2.50. The van der Waals surface area contributed by atoms with Gasteiger partial charge in [-0.05, 0) is 65.6 Å². The lowest BCUT2D eigenvalue weighted by atomic mass is 10.0. The van der Waals surface area contributed by atoms with E-state index in [1.807, 2.05) is 24.3 Å². The molecule has 0 fully saturated rings. The van der Waals surface area contributed by atoms with Crippen LogP contribution >= 0.6 is 27.5 Å². The Morgan fingerprint density at radius 1 is 0.969 bits per heavy atom. The summed E-state index contributed by atoms with van der Waals surface area (Å²) in [5.74, 6) is -0.0392. The Labute approximate surface area is 202 Å². The first kappa shape index (κ1) is 24.5. The Balaban J connectivity index is 1.83. The van der Waals surface area contributed by atoms with Gasteiger partial charge in [-0.3, -0.25) is 4.79 Å². The van der Waals surface area contributed by atoms with Gasteiger partial charge in [0.1, 0.15) is 0 Å². The third kappa shape index (κ3) is 6.42. The summed E-state index contributed by atoms with van der Waals surface area (Å²) in [7, 11) is -3.91. The van der Waals surface area contributed by atoms with Crippen LogP contribution in [0.15, 0.2) is 82.2 Å². The van der Waals surface area contributed by atoms with Crippen molar-refractivity contribution in [2.75, 3.05) is 11.9 Å². The van der Waals surface area contributed by atoms with E-state index in [1.165, 1.54) is 12.1 Å². The third-order valence-corrected chi connectivity index (χ3v) is 7.49. The number of benzene rings is 3. The number of nitrogens with zero attached hydrogens (tertiary/aromatic N) is 1. The molecule has 1 amide bonds. The molecule has 0 saturated heterocycles. The highest BCUT2D eigenvalue weighted by Gasteiger charge is 2.27. The van der Waals surface area contributed by atoms with Crippen molar-refractivity contribution in [3.63, 3.8) is 0 Å². The van der Waals surface area contributed by atoms with Gasteiger partial charge in [-0.2, -0.15) is 4.31 Å². The Morgan fingerprint density at radius 2 is 1.56 bits per heavy atom. The molecule has 5 nitrogen and oxygen atoms in total. The van der Waals surface area contributed by atoms with E-state index in [-0.39, 0.29) is 18.0 Å². The maximum absolute atomic E-state index is 13.3. The van der Waals surface area contributed by atoms with Crippen LogP contribution in [0.2, 0.25) is 5.02 Å². The fourth-order valence-corrected chi connectivity index (χ4v) is 4.86. The molecule has 0 aliphatic heterocycles. The Bertz CT molecular complexity index is 1160. The Hall–Kier alpha value is -2.19. The van der Waals surface area contributed by atoms with E-state index in [2.05, 4.69) is 35.1 Å². The van der Waals surface area contributed by atoms with Gasteiger partial charge in [0.05, 0.1) is 11.4 Å². The first-order valence-electron chi connectivity index (χ1n) is 10.0. The van der Waals surface area contributed by atoms with E-state index in [4.69, 9.17) is 11.6 Å². The predicted octanol–water partition coefficient (Wildman–Crippen LogP) is 6.06. The maximum atomic E-state index is 13.3. The minimum absolute atomic E-state index is 0.0370. The van der Waals surface area contributed by atoms with Crippen LogP contribution in [0.25, 0.3) is 0 Å². The summed E-state index contributed by atoms with van der Waals surface area (Å²) in [6, 6.07) is 20.7. The number of hydrogen-bond acceptors (Lipinski definition) is 3. The van der Waals surface area contributed by atoms with Crippen LogP contribution < -0.4 is 5.32 Å². The second-order valence-corrected chi connectivity index (χ2v) is 11.0. The first-order valence-corrected chi connectivity index (χ1v) is 12.7. The molecule has 0 atom stereocenters. The lowest BCUT2D eigenvalue weighted by Crippen LogP contribution is -2.37. The number of anilines is 1. The number of hydrogen-bond donors (Lipinski definition) is 1. The highest BCUT2D eigenvalue weighted by molar-refractivity contribution is 9.10. The molecule has 3 aromatic carbocycles. The molecule has 0 heterocycles. The number of halogens is 2. The van der Waals surface area contributed by atoms with Crippen molar-refractivity contribution in [3.8, 4) is 0 Å². The molecule has 3 rings (SSSR count). The van der Waals surface area contributed by atoms with Crippen molar-refractivity contribution in [3.05, 3.63) is 93.4 Å². The largest absolute Gasteiger partial charge is 0.325 e. The number of nitrogens with one attached hydrogen (secondary N) is 1.